The largest absolute Gasteiger partial charge is 0.506 e. The van der Waals surface area contributed by atoms with Gasteiger partial charge in [0.05, 0.1) is 0 Å². The third-order valence-corrected chi connectivity index (χ3v) is 2.55. The number of para-hydroxylation sites is 1. The first kappa shape index (κ1) is 12.8. The van der Waals surface area contributed by atoms with Crippen LogP contribution in [-0.2, 0) is 0 Å². The topological polar surface area (TPSA) is 50.2 Å². The van der Waals surface area contributed by atoms with Gasteiger partial charge >= 0.3 is 0 Å². The number of pyridine rings is 1. The molecule has 0 aliphatic carbocycles. The Bertz CT molecular complexity index is 660. The Labute approximate surface area is 111 Å². The predicted octanol–water partition coefficient (Wildman–Crippen LogP) is 3.44. The monoisotopic (exact) mass is 251 g/mol. The van der Waals surface area contributed by atoms with Crippen molar-refractivity contribution in [3.05, 3.63) is 72.4 Å². The number of carbonyl (C=O) groups is 1. The summed E-state index contributed by atoms with van der Waals surface area (Å²) in [6.45, 7) is 0. The average Bonchev–Trinajstić information content (AvgIpc) is 2.49. The van der Waals surface area contributed by atoms with E-state index in [1.54, 1.807) is 30.5 Å². The molecule has 19 heavy (non-hydrogen) atoms. The molecule has 0 amide bonds. The smallest absolute Gasteiger partial charge is 0.150 e. The first-order chi connectivity index (χ1) is 9.31. The molecular formula is C16H13NO2. The molecule has 0 radical (unpaired) electrons. The summed E-state index contributed by atoms with van der Waals surface area (Å²) in [4.78, 5) is 14.0. The van der Waals surface area contributed by atoms with E-state index in [1.807, 2.05) is 36.4 Å². The third-order valence-electron chi connectivity index (χ3n) is 2.55. The van der Waals surface area contributed by atoms with E-state index in [1.165, 1.54) is 0 Å². The highest BCUT2D eigenvalue weighted by atomic mass is 16.3. The summed E-state index contributed by atoms with van der Waals surface area (Å²) in [7, 11) is 0. The van der Waals surface area contributed by atoms with Crippen LogP contribution in [0.5, 0.6) is 5.75 Å². The zero-order chi connectivity index (χ0) is 13.5. The number of nitrogens with zero attached hydrogens (tertiary/aromatic N) is 1. The van der Waals surface area contributed by atoms with Crippen molar-refractivity contribution >= 4 is 17.2 Å². The number of phenols is 1. The van der Waals surface area contributed by atoms with Crippen LogP contribution in [0.25, 0.3) is 10.9 Å². The number of aldehydes is 1. The maximum absolute atomic E-state index is 10.0. The van der Waals surface area contributed by atoms with Crippen LogP contribution in [0, 0.1) is 0 Å². The zero-order valence-electron chi connectivity index (χ0n) is 10.2. The summed E-state index contributed by atoms with van der Waals surface area (Å²) >= 11 is 0. The van der Waals surface area contributed by atoms with Gasteiger partial charge in [-0.25, -0.2) is 0 Å². The van der Waals surface area contributed by atoms with Crippen LogP contribution < -0.4 is 0 Å². The Morgan fingerprint density at radius 1 is 0.895 bits per heavy atom. The molecule has 0 saturated carbocycles. The van der Waals surface area contributed by atoms with Gasteiger partial charge in [-0.15, -0.1) is 0 Å². The standard InChI is InChI=1S/C9H7NO.C7H6O/c11-8-5-1-3-7-4-2-6-10-9(7)8;8-6-7-4-2-1-3-5-7/h1-6,11H;1-6H. The summed E-state index contributed by atoms with van der Waals surface area (Å²) in [6, 6.07) is 18.2. The average molecular weight is 251 g/mol. The van der Waals surface area contributed by atoms with Gasteiger partial charge < -0.3 is 5.11 Å². The van der Waals surface area contributed by atoms with Gasteiger partial charge in [0.1, 0.15) is 17.6 Å². The second kappa shape index (κ2) is 6.31. The van der Waals surface area contributed by atoms with Crippen LogP contribution in [0.3, 0.4) is 0 Å². The molecule has 0 atom stereocenters. The number of benzene rings is 2. The van der Waals surface area contributed by atoms with E-state index in [0.29, 0.717) is 5.52 Å². The Hall–Kier alpha value is -2.68. The normalized spacial score (nSPS) is 9.47. The van der Waals surface area contributed by atoms with E-state index in [4.69, 9.17) is 0 Å². The maximum atomic E-state index is 10.0. The van der Waals surface area contributed by atoms with Crippen molar-refractivity contribution in [1.82, 2.24) is 4.98 Å². The third kappa shape index (κ3) is 3.39. The van der Waals surface area contributed by atoms with Gasteiger partial charge in [0, 0.05) is 17.1 Å². The summed E-state index contributed by atoms with van der Waals surface area (Å²) in [6.07, 6.45) is 2.50. The molecule has 1 aromatic heterocycles. The lowest BCUT2D eigenvalue weighted by atomic mass is 10.2. The molecule has 94 valence electrons. The molecule has 0 bridgehead atoms. The second-order valence-electron chi connectivity index (χ2n) is 3.88. The maximum Gasteiger partial charge on any atom is 0.150 e. The minimum Gasteiger partial charge on any atom is -0.506 e. The Morgan fingerprint density at radius 2 is 1.63 bits per heavy atom. The molecular weight excluding hydrogens is 238 g/mol. The highest BCUT2D eigenvalue weighted by Crippen LogP contribution is 2.20. The van der Waals surface area contributed by atoms with E-state index in [-0.39, 0.29) is 5.75 Å². The van der Waals surface area contributed by atoms with Crippen LogP contribution >= 0.6 is 0 Å². The fourth-order valence-electron chi connectivity index (χ4n) is 1.62. The van der Waals surface area contributed by atoms with E-state index in [9.17, 15) is 9.90 Å². The van der Waals surface area contributed by atoms with Gasteiger partial charge in [-0.05, 0) is 12.1 Å². The Morgan fingerprint density at radius 3 is 2.26 bits per heavy atom. The molecule has 3 heteroatoms. The summed E-state index contributed by atoms with van der Waals surface area (Å²) in [5.41, 5.74) is 1.39. The predicted molar refractivity (Wildman–Crippen MR) is 75.2 cm³/mol. The van der Waals surface area contributed by atoms with Crippen LogP contribution in [0.15, 0.2) is 66.9 Å². The summed E-state index contributed by atoms with van der Waals surface area (Å²) in [5.74, 6) is 0.239. The van der Waals surface area contributed by atoms with Crippen molar-refractivity contribution in [3.63, 3.8) is 0 Å². The second-order valence-corrected chi connectivity index (χ2v) is 3.88. The molecule has 0 aliphatic rings. The van der Waals surface area contributed by atoms with Crippen LogP contribution in [0.1, 0.15) is 10.4 Å². The first-order valence-corrected chi connectivity index (χ1v) is 5.84. The van der Waals surface area contributed by atoms with Crippen molar-refractivity contribution in [3.8, 4) is 5.75 Å². The van der Waals surface area contributed by atoms with Crippen LogP contribution in [0.4, 0.5) is 0 Å². The van der Waals surface area contributed by atoms with Crippen molar-refractivity contribution in [2.24, 2.45) is 0 Å². The lowest BCUT2D eigenvalue weighted by Gasteiger charge is -1.96. The number of fused-ring (bicyclic) bond motifs is 1. The molecule has 0 spiro atoms. The lowest BCUT2D eigenvalue weighted by Crippen LogP contribution is -1.76. The number of aromatic hydroxyl groups is 1. The van der Waals surface area contributed by atoms with Crippen LogP contribution in [-0.4, -0.2) is 16.4 Å². The van der Waals surface area contributed by atoms with E-state index in [2.05, 4.69) is 4.98 Å². The van der Waals surface area contributed by atoms with E-state index in [0.717, 1.165) is 17.2 Å². The molecule has 1 heterocycles. The zero-order valence-corrected chi connectivity index (χ0v) is 10.2. The molecule has 3 nitrogen and oxygen atoms in total. The van der Waals surface area contributed by atoms with Gasteiger partial charge in [0.25, 0.3) is 0 Å². The van der Waals surface area contributed by atoms with E-state index >= 15 is 0 Å². The number of carbonyl (C=O) groups excluding carboxylic acids is 1. The van der Waals surface area contributed by atoms with Crippen molar-refractivity contribution in [2.45, 2.75) is 0 Å². The molecule has 0 unspecified atom stereocenters. The first-order valence-electron chi connectivity index (χ1n) is 5.84. The lowest BCUT2D eigenvalue weighted by molar-refractivity contribution is 0.112. The van der Waals surface area contributed by atoms with Gasteiger partial charge in [-0.2, -0.15) is 0 Å². The van der Waals surface area contributed by atoms with Gasteiger partial charge in [-0.1, -0.05) is 48.5 Å². The van der Waals surface area contributed by atoms with Crippen molar-refractivity contribution < 1.29 is 9.90 Å². The van der Waals surface area contributed by atoms with Crippen LogP contribution in [0.2, 0.25) is 0 Å². The number of hydrogen-bond donors (Lipinski definition) is 1. The number of rotatable bonds is 1. The number of phenolic OH excluding ortho intramolecular Hbond substituents is 1. The minimum atomic E-state index is 0.239. The SMILES string of the molecule is O=Cc1ccccc1.Oc1cccc2cccnc12. The number of aromatic nitrogens is 1. The Balaban J connectivity index is 0.000000148. The fourth-order valence-corrected chi connectivity index (χ4v) is 1.62. The number of hydrogen-bond acceptors (Lipinski definition) is 3. The molecule has 2 aromatic carbocycles. The summed E-state index contributed by atoms with van der Waals surface area (Å²) in [5, 5.41) is 10.3. The van der Waals surface area contributed by atoms with Gasteiger partial charge in [0.15, 0.2) is 0 Å². The van der Waals surface area contributed by atoms with E-state index < -0.39 is 0 Å². The molecule has 3 aromatic rings. The quantitative estimate of drug-likeness (QED) is 0.674. The van der Waals surface area contributed by atoms with Gasteiger partial charge in [0.2, 0.25) is 0 Å². The highest BCUT2D eigenvalue weighted by molar-refractivity contribution is 5.83. The molecule has 0 fully saturated rings. The van der Waals surface area contributed by atoms with Crippen molar-refractivity contribution in [1.29, 1.82) is 0 Å². The Kier molecular flexibility index (Phi) is 4.24. The molecule has 1 N–H and O–H groups in total. The molecule has 3 rings (SSSR count). The molecule has 0 aliphatic heterocycles. The highest BCUT2D eigenvalue weighted by Gasteiger charge is 1.96. The van der Waals surface area contributed by atoms with Gasteiger partial charge in [-0.3, -0.25) is 9.78 Å². The fraction of sp³-hybridized carbons (Fsp3) is 0. The summed E-state index contributed by atoms with van der Waals surface area (Å²) < 4.78 is 0. The molecule has 0 saturated heterocycles. The van der Waals surface area contributed by atoms with Crippen molar-refractivity contribution in [2.75, 3.05) is 0 Å². The minimum absolute atomic E-state index is 0.239.